The van der Waals surface area contributed by atoms with Crippen LogP contribution in [0.1, 0.15) is 31.4 Å². The van der Waals surface area contributed by atoms with E-state index < -0.39 is 0 Å². The SMILES string of the molecule is CCNC(c1cnsn1)c1nccn1CC. The highest BCUT2D eigenvalue weighted by atomic mass is 32.1. The maximum absolute atomic E-state index is 4.40. The predicted octanol–water partition coefficient (Wildman–Crippen LogP) is 1.45. The van der Waals surface area contributed by atoms with Gasteiger partial charge in [-0.2, -0.15) is 8.75 Å². The van der Waals surface area contributed by atoms with Gasteiger partial charge in [0.25, 0.3) is 0 Å². The Morgan fingerprint density at radius 3 is 3.00 bits per heavy atom. The van der Waals surface area contributed by atoms with Gasteiger partial charge in [-0.25, -0.2) is 4.98 Å². The van der Waals surface area contributed by atoms with Crippen molar-refractivity contribution in [3.05, 3.63) is 30.1 Å². The quantitative estimate of drug-likeness (QED) is 0.855. The van der Waals surface area contributed by atoms with Crippen molar-refractivity contribution in [3.8, 4) is 0 Å². The van der Waals surface area contributed by atoms with Crippen LogP contribution in [0.25, 0.3) is 0 Å². The van der Waals surface area contributed by atoms with Crippen molar-refractivity contribution in [3.63, 3.8) is 0 Å². The van der Waals surface area contributed by atoms with E-state index in [0.29, 0.717) is 0 Å². The van der Waals surface area contributed by atoms with Crippen molar-refractivity contribution in [1.29, 1.82) is 0 Å². The number of aryl methyl sites for hydroxylation is 1. The van der Waals surface area contributed by atoms with Crippen molar-refractivity contribution in [1.82, 2.24) is 23.6 Å². The molecule has 1 unspecified atom stereocenters. The Hall–Kier alpha value is -1.27. The Labute approximate surface area is 98.9 Å². The lowest BCUT2D eigenvalue weighted by molar-refractivity contribution is 0.551. The molecular weight excluding hydrogens is 222 g/mol. The Balaban J connectivity index is 2.33. The first-order chi connectivity index (χ1) is 7.86. The molecule has 0 aliphatic carbocycles. The van der Waals surface area contributed by atoms with Gasteiger partial charge in [0.15, 0.2) is 0 Å². The van der Waals surface area contributed by atoms with Gasteiger partial charge in [-0.15, -0.1) is 0 Å². The Morgan fingerprint density at radius 1 is 1.50 bits per heavy atom. The molecule has 0 aliphatic rings. The maximum atomic E-state index is 4.40. The predicted molar refractivity (Wildman–Crippen MR) is 63.3 cm³/mol. The fourth-order valence-electron chi connectivity index (χ4n) is 1.68. The fraction of sp³-hybridized carbons (Fsp3) is 0.500. The van der Waals surface area contributed by atoms with Crippen molar-refractivity contribution in [2.45, 2.75) is 26.4 Å². The van der Waals surface area contributed by atoms with Crippen LogP contribution in [-0.4, -0.2) is 24.8 Å². The number of hydrogen-bond donors (Lipinski definition) is 1. The van der Waals surface area contributed by atoms with Gasteiger partial charge in [0, 0.05) is 18.9 Å². The number of imidazole rings is 1. The summed E-state index contributed by atoms with van der Waals surface area (Å²) in [6, 6.07) is 0.0405. The number of hydrogen-bond acceptors (Lipinski definition) is 5. The molecule has 5 nitrogen and oxygen atoms in total. The van der Waals surface area contributed by atoms with Gasteiger partial charge in [0.05, 0.1) is 23.6 Å². The summed E-state index contributed by atoms with van der Waals surface area (Å²) in [5.74, 6) is 0.997. The molecule has 6 heteroatoms. The lowest BCUT2D eigenvalue weighted by Crippen LogP contribution is -2.25. The highest BCUT2D eigenvalue weighted by Crippen LogP contribution is 2.18. The van der Waals surface area contributed by atoms with E-state index in [2.05, 4.69) is 37.5 Å². The molecule has 0 aliphatic heterocycles. The Kier molecular flexibility index (Phi) is 3.63. The van der Waals surface area contributed by atoms with Gasteiger partial charge in [-0.3, -0.25) is 0 Å². The molecule has 2 aromatic rings. The third kappa shape index (κ3) is 2.12. The van der Waals surface area contributed by atoms with Crippen LogP contribution in [-0.2, 0) is 6.54 Å². The zero-order valence-electron chi connectivity index (χ0n) is 9.42. The van der Waals surface area contributed by atoms with Crippen molar-refractivity contribution >= 4 is 11.7 Å². The Bertz CT molecular complexity index is 422. The first-order valence-corrected chi connectivity index (χ1v) is 6.11. The van der Waals surface area contributed by atoms with Crippen LogP contribution in [0.5, 0.6) is 0 Å². The largest absolute Gasteiger partial charge is 0.334 e. The van der Waals surface area contributed by atoms with Crippen molar-refractivity contribution in [2.75, 3.05) is 6.54 Å². The minimum Gasteiger partial charge on any atom is -0.334 e. The molecule has 2 heterocycles. The van der Waals surface area contributed by atoms with E-state index in [1.165, 1.54) is 11.7 Å². The molecule has 0 saturated carbocycles. The molecule has 0 amide bonds. The normalized spacial score (nSPS) is 12.9. The summed E-state index contributed by atoms with van der Waals surface area (Å²) in [5, 5.41) is 3.38. The van der Waals surface area contributed by atoms with Crippen LogP contribution in [0.2, 0.25) is 0 Å². The standard InChI is InChI=1S/C10H15N5S/c1-3-11-9(8-7-13-16-14-8)10-12-5-6-15(10)4-2/h5-7,9,11H,3-4H2,1-2H3. The minimum atomic E-state index is 0.0405. The average molecular weight is 237 g/mol. The van der Waals surface area contributed by atoms with Gasteiger partial charge in [0.1, 0.15) is 11.9 Å². The average Bonchev–Trinajstić information content (AvgIpc) is 2.96. The third-order valence-corrected chi connectivity index (χ3v) is 2.92. The van der Waals surface area contributed by atoms with Crippen LogP contribution < -0.4 is 5.32 Å². The first kappa shape index (κ1) is 11.2. The summed E-state index contributed by atoms with van der Waals surface area (Å²) >= 11 is 1.23. The van der Waals surface area contributed by atoms with E-state index in [1.54, 1.807) is 6.20 Å². The monoisotopic (exact) mass is 237 g/mol. The van der Waals surface area contributed by atoms with E-state index in [1.807, 2.05) is 12.4 Å². The number of nitrogens with one attached hydrogen (secondary N) is 1. The van der Waals surface area contributed by atoms with Crippen molar-refractivity contribution in [2.24, 2.45) is 0 Å². The number of nitrogens with zero attached hydrogens (tertiary/aromatic N) is 4. The first-order valence-electron chi connectivity index (χ1n) is 5.38. The zero-order chi connectivity index (χ0) is 11.4. The molecule has 1 N–H and O–H groups in total. The molecule has 0 aromatic carbocycles. The molecule has 16 heavy (non-hydrogen) atoms. The molecule has 2 aromatic heterocycles. The molecule has 86 valence electrons. The molecular formula is C10H15N5S. The summed E-state index contributed by atoms with van der Waals surface area (Å²) in [7, 11) is 0. The molecule has 2 rings (SSSR count). The van der Waals surface area contributed by atoms with Gasteiger partial charge in [-0.1, -0.05) is 6.92 Å². The second-order valence-electron chi connectivity index (χ2n) is 3.39. The van der Waals surface area contributed by atoms with Crippen LogP contribution in [0, 0.1) is 0 Å². The topological polar surface area (TPSA) is 55.6 Å². The molecule has 0 radical (unpaired) electrons. The highest BCUT2D eigenvalue weighted by molar-refractivity contribution is 6.99. The Morgan fingerprint density at radius 2 is 2.38 bits per heavy atom. The summed E-state index contributed by atoms with van der Waals surface area (Å²) in [6.07, 6.45) is 5.61. The fourth-order valence-corrected chi connectivity index (χ4v) is 2.13. The van der Waals surface area contributed by atoms with Gasteiger partial charge in [0.2, 0.25) is 0 Å². The van der Waals surface area contributed by atoms with Crippen LogP contribution in [0.4, 0.5) is 0 Å². The molecule has 0 spiro atoms. The minimum absolute atomic E-state index is 0.0405. The van der Waals surface area contributed by atoms with Crippen LogP contribution in [0.15, 0.2) is 18.6 Å². The van der Waals surface area contributed by atoms with Gasteiger partial charge < -0.3 is 9.88 Å². The van der Waals surface area contributed by atoms with Crippen LogP contribution >= 0.6 is 11.7 Å². The summed E-state index contributed by atoms with van der Waals surface area (Å²) in [4.78, 5) is 4.40. The summed E-state index contributed by atoms with van der Waals surface area (Å²) in [5.41, 5.74) is 0.938. The number of rotatable bonds is 5. The van der Waals surface area contributed by atoms with E-state index in [4.69, 9.17) is 0 Å². The second-order valence-corrected chi connectivity index (χ2v) is 3.95. The molecule has 0 fully saturated rings. The smallest absolute Gasteiger partial charge is 0.132 e. The highest BCUT2D eigenvalue weighted by Gasteiger charge is 2.19. The third-order valence-electron chi connectivity index (χ3n) is 2.43. The zero-order valence-corrected chi connectivity index (χ0v) is 10.2. The summed E-state index contributed by atoms with van der Waals surface area (Å²) < 4.78 is 10.4. The molecule has 0 saturated heterocycles. The summed E-state index contributed by atoms with van der Waals surface area (Å²) in [6.45, 7) is 5.97. The molecule has 0 bridgehead atoms. The van der Waals surface area contributed by atoms with Crippen molar-refractivity contribution < 1.29 is 0 Å². The van der Waals surface area contributed by atoms with E-state index in [-0.39, 0.29) is 6.04 Å². The van der Waals surface area contributed by atoms with E-state index in [9.17, 15) is 0 Å². The van der Waals surface area contributed by atoms with Gasteiger partial charge in [-0.05, 0) is 13.5 Å². The van der Waals surface area contributed by atoms with E-state index >= 15 is 0 Å². The lowest BCUT2D eigenvalue weighted by Gasteiger charge is -2.15. The molecule has 1 atom stereocenters. The number of aromatic nitrogens is 4. The van der Waals surface area contributed by atoms with E-state index in [0.717, 1.165) is 24.6 Å². The maximum Gasteiger partial charge on any atom is 0.132 e. The van der Waals surface area contributed by atoms with Crippen LogP contribution in [0.3, 0.4) is 0 Å². The van der Waals surface area contributed by atoms with Gasteiger partial charge >= 0.3 is 0 Å². The lowest BCUT2D eigenvalue weighted by atomic mass is 10.2. The second kappa shape index (κ2) is 5.18.